The fourth-order valence-corrected chi connectivity index (χ4v) is 2.74. The van der Waals surface area contributed by atoms with E-state index in [1.807, 2.05) is 54.7 Å². The summed E-state index contributed by atoms with van der Waals surface area (Å²) in [4.78, 5) is 13.7. The number of fused-ring (bicyclic) bond motifs is 1. The number of aromatic nitrogens is 3. The van der Waals surface area contributed by atoms with Crippen LogP contribution in [0.2, 0.25) is 0 Å². The molecule has 0 saturated carbocycles. The number of oxazole rings is 1. The zero-order valence-electron chi connectivity index (χ0n) is 15.0. The van der Waals surface area contributed by atoms with Crippen LogP contribution >= 0.6 is 0 Å². The summed E-state index contributed by atoms with van der Waals surface area (Å²) in [7, 11) is 0. The first-order valence-electron chi connectivity index (χ1n) is 8.55. The third-order valence-electron chi connectivity index (χ3n) is 3.87. The lowest BCUT2D eigenvalue weighted by molar-refractivity contribution is 0.614. The highest BCUT2D eigenvalue weighted by atomic mass is 16.3. The van der Waals surface area contributed by atoms with Crippen molar-refractivity contribution in [1.29, 1.82) is 0 Å². The van der Waals surface area contributed by atoms with Gasteiger partial charge in [0, 0.05) is 23.5 Å². The average Bonchev–Trinajstić information content (AvgIpc) is 3.05. The van der Waals surface area contributed by atoms with Gasteiger partial charge in [-0.15, -0.1) is 0 Å². The fourth-order valence-electron chi connectivity index (χ4n) is 2.74. The maximum atomic E-state index is 5.99. The zero-order valence-corrected chi connectivity index (χ0v) is 15.0. The molecule has 0 amide bonds. The normalized spacial score (nSPS) is 11.7. The molecule has 3 heterocycles. The number of pyridine rings is 2. The van der Waals surface area contributed by atoms with E-state index < -0.39 is 0 Å². The van der Waals surface area contributed by atoms with E-state index in [9.17, 15) is 0 Å². The third-order valence-corrected chi connectivity index (χ3v) is 3.87. The Balaban J connectivity index is 1.88. The minimum Gasteiger partial charge on any atom is -0.436 e. The molecule has 0 aliphatic heterocycles. The van der Waals surface area contributed by atoms with Gasteiger partial charge in [0.2, 0.25) is 5.89 Å². The number of anilines is 1. The first kappa shape index (κ1) is 16.3. The fraction of sp³-hybridized carbons (Fsp3) is 0.190. The van der Waals surface area contributed by atoms with Gasteiger partial charge in [0.25, 0.3) is 0 Å². The van der Waals surface area contributed by atoms with Gasteiger partial charge in [0.05, 0.1) is 11.3 Å². The van der Waals surface area contributed by atoms with E-state index in [2.05, 4.69) is 41.0 Å². The van der Waals surface area contributed by atoms with Crippen molar-refractivity contribution in [3.63, 3.8) is 0 Å². The SMILES string of the molecule is CC(C)(C)Nc1ncc(-c2ccccn2)cc1-c1nc2ccccc2o1. The Hall–Kier alpha value is -3.21. The van der Waals surface area contributed by atoms with E-state index in [-0.39, 0.29) is 5.54 Å². The number of rotatable bonds is 3. The molecule has 5 nitrogen and oxygen atoms in total. The molecule has 0 saturated heterocycles. The predicted octanol–water partition coefficient (Wildman–Crippen LogP) is 5.16. The molecule has 130 valence electrons. The molecule has 3 aromatic heterocycles. The molecule has 0 aliphatic carbocycles. The molecule has 0 spiro atoms. The Morgan fingerprint density at radius 2 is 1.77 bits per heavy atom. The van der Waals surface area contributed by atoms with Gasteiger partial charge in [-0.05, 0) is 51.1 Å². The lowest BCUT2D eigenvalue weighted by Crippen LogP contribution is -2.27. The molecule has 0 atom stereocenters. The Labute approximate surface area is 152 Å². The van der Waals surface area contributed by atoms with Gasteiger partial charge in [-0.3, -0.25) is 4.98 Å². The summed E-state index contributed by atoms with van der Waals surface area (Å²) in [5.74, 6) is 1.28. The minimum absolute atomic E-state index is 0.139. The van der Waals surface area contributed by atoms with Crippen molar-refractivity contribution in [2.75, 3.05) is 5.32 Å². The topological polar surface area (TPSA) is 63.8 Å². The molecule has 0 bridgehead atoms. The Morgan fingerprint density at radius 3 is 2.50 bits per heavy atom. The van der Waals surface area contributed by atoms with Crippen LogP contribution in [0.1, 0.15) is 20.8 Å². The standard InChI is InChI=1S/C21H20N4O/c1-21(2,3)25-19-15(20-24-17-9-4-5-10-18(17)26-20)12-14(13-23-19)16-8-6-7-11-22-16/h4-13H,1-3H3,(H,23,25). The van der Waals surface area contributed by atoms with Crippen molar-refractivity contribution in [2.24, 2.45) is 0 Å². The zero-order chi connectivity index (χ0) is 18.1. The number of hydrogen-bond acceptors (Lipinski definition) is 5. The van der Waals surface area contributed by atoms with Crippen LogP contribution in [0.4, 0.5) is 5.82 Å². The summed E-state index contributed by atoms with van der Waals surface area (Å²) < 4.78 is 5.99. The van der Waals surface area contributed by atoms with Crippen molar-refractivity contribution < 1.29 is 4.42 Å². The van der Waals surface area contributed by atoms with Crippen LogP contribution in [0.15, 0.2) is 65.3 Å². The third kappa shape index (κ3) is 3.28. The summed E-state index contributed by atoms with van der Waals surface area (Å²) >= 11 is 0. The number of para-hydroxylation sites is 2. The molecule has 1 aromatic carbocycles. The van der Waals surface area contributed by atoms with Crippen molar-refractivity contribution in [3.05, 3.63) is 60.9 Å². The number of benzene rings is 1. The van der Waals surface area contributed by atoms with Gasteiger partial charge in [-0.25, -0.2) is 9.97 Å². The molecule has 0 unspecified atom stereocenters. The van der Waals surface area contributed by atoms with Gasteiger partial charge in [0.15, 0.2) is 5.58 Å². The van der Waals surface area contributed by atoms with Crippen molar-refractivity contribution >= 4 is 16.9 Å². The van der Waals surface area contributed by atoms with Crippen LogP contribution in [0.3, 0.4) is 0 Å². The molecule has 4 aromatic rings. The Morgan fingerprint density at radius 1 is 0.962 bits per heavy atom. The van der Waals surface area contributed by atoms with Crippen LogP contribution in [0, 0.1) is 0 Å². The quantitative estimate of drug-likeness (QED) is 0.556. The smallest absolute Gasteiger partial charge is 0.231 e. The lowest BCUT2D eigenvalue weighted by atomic mass is 10.1. The molecule has 0 fully saturated rings. The second-order valence-electron chi connectivity index (χ2n) is 7.20. The lowest BCUT2D eigenvalue weighted by Gasteiger charge is -2.22. The summed E-state index contributed by atoms with van der Waals surface area (Å²) in [6, 6.07) is 15.6. The van der Waals surface area contributed by atoms with Gasteiger partial charge in [-0.1, -0.05) is 18.2 Å². The Bertz CT molecular complexity index is 1020. The molecule has 1 N–H and O–H groups in total. The highest BCUT2D eigenvalue weighted by Crippen LogP contribution is 2.33. The van der Waals surface area contributed by atoms with Gasteiger partial charge in [0.1, 0.15) is 11.3 Å². The first-order chi connectivity index (χ1) is 12.5. The van der Waals surface area contributed by atoms with E-state index in [1.54, 1.807) is 6.20 Å². The molecular formula is C21H20N4O. The molecule has 5 heteroatoms. The van der Waals surface area contributed by atoms with Gasteiger partial charge >= 0.3 is 0 Å². The summed E-state index contributed by atoms with van der Waals surface area (Å²) in [6.45, 7) is 6.28. The first-order valence-corrected chi connectivity index (χ1v) is 8.55. The minimum atomic E-state index is -0.139. The largest absolute Gasteiger partial charge is 0.436 e. The molecular weight excluding hydrogens is 324 g/mol. The monoisotopic (exact) mass is 344 g/mol. The van der Waals surface area contributed by atoms with Gasteiger partial charge < -0.3 is 9.73 Å². The summed E-state index contributed by atoms with van der Waals surface area (Å²) in [6.07, 6.45) is 3.60. The van der Waals surface area contributed by atoms with Gasteiger partial charge in [-0.2, -0.15) is 0 Å². The molecule has 26 heavy (non-hydrogen) atoms. The van der Waals surface area contributed by atoms with Crippen LogP contribution in [0.5, 0.6) is 0 Å². The second kappa shape index (κ2) is 6.26. The number of nitrogens with one attached hydrogen (secondary N) is 1. The van der Waals surface area contributed by atoms with Crippen molar-refractivity contribution in [1.82, 2.24) is 15.0 Å². The van der Waals surface area contributed by atoms with Crippen LogP contribution in [-0.2, 0) is 0 Å². The number of nitrogens with zero attached hydrogens (tertiary/aromatic N) is 3. The highest BCUT2D eigenvalue weighted by molar-refractivity contribution is 5.81. The van der Waals surface area contributed by atoms with E-state index in [1.165, 1.54) is 0 Å². The molecule has 4 rings (SSSR count). The van der Waals surface area contributed by atoms with Crippen molar-refractivity contribution in [2.45, 2.75) is 26.3 Å². The van der Waals surface area contributed by atoms with E-state index >= 15 is 0 Å². The maximum absolute atomic E-state index is 5.99. The average molecular weight is 344 g/mol. The van der Waals surface area contributed by atoms with E-state index in [0.717, 1.165) is 33.7 Å². The molecule has 0 radical (unpaired) electrons. The van der Waals surface area contributed by atoms with Crippen LogP contribution in [-0.4, -0.2) is 20.5 Å². The summed E-state index contributed by atoms with van der Waals surface area (Å²) in [5.41, 5.74) is 4.04. The van der Waals surface area contributed by atoms with Crippen LogP contribution in [0.25, 0.3) is 33.8 Å². The van der Waals surface area contributed by atoms with Crippen molar-refractivity contribution in [3.8, 4) is 22.7 Å². The number of hydrogen-bond donors (Lipinski definition) is 1. The molecule has 0 aliphatic rings. The Kier molecular flexibility index (Phi) is 3.92. The highest BCUT2D eigenvalue weighted by Gasteiger charge is 2.19. The van der Waals surface area contributed by atoms with E-state index in [0.29, 0.717) is 5.89 Å². The summed E-state index contributed by atoms with van der Waals surface area (Å²) in [5, 5.41) is 3.44. The van der Waals surface area contributed by atoms with Crippen LogP contribution < -0.4 is 5.32 Å². The predicted molar refractivity (Wildman–Crippen MR) is 104 cm³/mol. The second-order valence-corrected chi connectivity index (χ2v) is 7.20. The maximum Gasteiger partial charge on any atom is 0.231 e. The van der Waals surface area contributed by atoms with E-state index in [4.69, 9.17) is 4.42 Å².